The van der Waals surface area contributed by atoms with Gasteiger partial charge in [0.25, 0.3) is 5.91 Å². The summed E-state index contributed by atoms with van der Waals surface area (Å²) in [5.41, 5.74) is 2.96. The minimum absolute atomic E-state index is 0.0163. The SMILES string of the molecule is CC(=O)Nc1cccc(N2C(=O)C(O)=C(C(=O)c3cc4cc(Br)ccc4o3)C2c2ccc(C(C)(C)C)cc2)c1. The minimum atomic E-state index is -0.924. The third kappa shape index (κ3) is 5.00. The predicted octanol–water partition coefficient (Wildman–Crippen LogP) is 7.23. The lowest BCUT2D eigenvalue weighted by molar-refractivity contribution is -0.117. The molecule has 198 valence electrons. The van der Waals surface area contributed by atoms with Crippen molar-refractivity contribution in [2.24, 2.45) is 0 Å². The lowest BCUT2D eigenvalue weighted by Gasteiger charge is -2.28. The van der Waals surface area contributed by atoms with Crippen LogP contribution in [0.15, 0.2) is 93.0 Å². The first kappa shape index (κ1) is 26.4. The number of nitrogens with one attached hydrogen (secondary N) is 1. The van der Waals surface area contributed by atoms with Gasteiger partial charge >= 0.3 is 0 Å². The molecule has 0 saturated heterocycles. The molecular formula is C31H27BrN2O5. The summed E-state index contributed by atoms with van der Waals surface area (Å²) in [6.45, 7) is 7.69. The van der Waals surface area contributed by atoms with E-state index in [9.17, 15) is 19.5 Å². The highest BCUT2D eigenvalue weighted by atomic mass is 79.9. The highest BCUT2D eigenvalue weighted by Gasteiger charge is 2.45. The van der Waals surface area contributed by atoms with Crippen LogP contribution < -0.4 is 10.2 Å². The molecular weight excluding hydrogens is 560 g/mol. The second kappa shape index (κ2) is 9.85. The number of carbonyl (C=O) groups excluding carboxylic acids is 3. The Balaban J connectivity index is 1.64. The van der Waals surface area contributed by atoms with Gasteiger partial charge in [-0.25, -0.2) is 0 Å². The fourth-order valence-electron chi connectivity index (χ4n) is 4.78. The van der Waals surface area contributed by atoms with E-state index in [2.05, 4.69) is 42.0 Å². The molecule has 1 aliphatic heterocycles. The molecule has 1 aliphatic rings. The third-order valence-corrected chi connectivity index (χ3v) is 7.19. The number of ketones is 1. The van der Waals surface area contributed by atoms with Crippen molar-refractivity contribution in [3.05, 3.63) is 105 Å². The lowest BCUT2D eigenvalue weighted by Crippen LogP contribution is -2.31. The molecule has 1 atom stereocenters. The number of fused-ring (bicyclic) bond motifs is 1. The van der Waals surface area contributed by atoms with Gasteiger partial charge in [-0.2, -0.15) is 0 Å². The van der Waals surface area contributed by atoms with Crippen LogP contribution in [0.2, 0.25) is 0 Å². The van der Waals surface area contributed by atoms with Crippen LogP contribution >= 0.6 is 15.9 Å². The first-order chi connectivity index (χ1) is 18.4. The average molecular weight is 587 g/mol. The van der Waals surface area contributed by atoms with Gasteiger partial charge in [0.05, 0.1) is 11.6 Å². The van der Waals surface area contributed by atoms with Crippen molar-refractivity contribution in [1.82, 2.24) is 0 Å². The molecule has 0 fully saturated rings. The quantitative estimate of drug-likeness (QED) is 0.240. The number of hydrogen-bond donors (Lipinski definition) is 2. The predicted molar refractivity (Wildman–Crippen MR) is 154 cm³/mol. The van der Waals surface area contributed by atoms with E-state index in [1.54, 1.807) is 42.5 Å². The van der Waals surface area contributed by atoms with Crippen LogP contribution in [0.4, 0.5) is 11.4 Å². The van der Waals surface area contributed by atoms with Gasteiger partial charge in [-0.1, -0.05) is 67.0 Å². The van der Waals surface area contributed by atoms with E-state index in [1.807, 2.05) is 30.3 Å². The summed E-state index contributed by atoms with van der Waals surface area (Å²) in [5, 5.41) is 14.5. The number of hydrogen-bond acceptors (Lipinski definition) is 5. The normalized spacial score (nSPS) is 15.8. The Labute approximate surface area is 234 Å². The van der Waals surface area contributed by atoms with Crippen LogP contribution in [0.5, 0.6) is 0 Å². The Hall–Kier alpha value is -4.17. The van der Waals surface area contributed by atoms with Gasteiger partial charge in [0.2, 0.25) is 11.7 Å². The summed E-state index contributed by atoms with van der Waals surface area (Å²) < 4.78 is 6.67. The molecule has 1 unspecified atom stereocenters. The monoisotopic (exact) mass is 586 g/mol. The maximum Gasteiger partial charge on any atom is 0.294 e. The lowest BCUT2D eigenvalue weighted by atomic mass is 9.85. The van der Waals surface area contributed by atoms with Gasteiger partial charge in [0.15, 0.2) is 11.5 Å². The second-order valence-corrected chi connectivity index (χ2v) is 11.5. The summed E-state index contributed by atoms with van der Waals surface area (Å²) in [4.78, 5) is 40.5. The van der Waals surface area contributed by atoms with E-state index >= 15 is 0 Å². The number of amides is 2. The molecule has 5 rings (SSSR count). The molecule has 0 spiro atoms. The van der Waals surface area contributed by atoms with Crippen molar-refractivity contribution in [2.75, 3.05) is 10.2 Å². The molecule has 0 saturated carbocycles. The van der Waals surface area contributed by atoms with Crippen LogP contribution in [-0.4, -0.2) is 22.7 Å². The van der Waals surface area contributed by atoms with Crippen LogP contribution in [0.3, 0.4) is 0 Å². The van der Waals surface area contributed by atoms with E-state index in [0.717, 1.165) is 10.0 Å². The maximum absolute atomic E-state index is 13.9. The molecule has 2 amide bonds. The fraction of sp³-hybridized carbons (Fsp3) is 0.194. The summed E-state index contributed by atoms with van der Waals surface area (Å²) in [7, 11) is 0. The molecule has 0 radical (unpaired) electrons. The number of Topliss-reactive ketones (excluding diaryl/α,β-unsaturated/α-hetero) is 1. The van der Waals surface area contributed by atoms with Gasteiger partial charge < -0.3 is 14.8 Å². The Kier molecular flexibility index (Phi) is 6.68. The zero-order chi connectivity index (χ0) is 28.1. The molecule has 2 heterocycles. The topological polar surface area (TPSA) is 99.9 Å². The number of nitrogens with zero attached hydrogens (tertiary/aromatic N) is 1. The number of rotatable bonds is 5. The van der Waals surface area contributed by atoms with Crippen molar-refractivity contribution in [3.63, 3.8) is 0 Å². The van der Waals surface area contributed by atoms with Gasteiger partial charge in [-0.3, -0.25) is 19.3 Å². The van der Waals surface area contributed by atoms with Crippen molar-refractivity contribution >= 4 is 55.9 Å². The standard InChI is InChI=1S/C31H27BrN2O5/c1-17(35)33-22-6-5-7-23(16-22)34-27(18-8-10-20(11-9-18)31(2,3)4)26(29(37)30(34)38)28(36)25-15-19-14-21(32)12-13-24(19)39-25/h5-16,27,37H,1-4H3,(H,33,35). The van der Waals surface area contributed by atoms with E-state index < -0.39 is 23.5 Å². The highest BCUT2D eigenvalue weighted by molar-refractivity contribution is 9.10. The van der Waals surface area contributed by atoms with E-state index in [-0.39, 0.29) is 22.7 Å². The maximum atomic E-state index is 13.9. The van der Waals surface area contributed by atoms with Crippen LogP contribution in [0.1, 0.15) is 55.4 Å². The van der Waals surface area contributed by atoms with E-state index in [4.69, 9.17) is 4.42 Å². The Morgan fingerprint density at radius 1 is 1.00 bits per heavy atom. The molecule has 2 N–H and O–H groups in total. The number of aliphatic hydroxyl groups is 1. The number of halogens is 1. The summed E-state index contributed by atoms with van der Waals surface area (Å²) in [6.07, 6.45) is 0. The molecule has 1 aromatic heterocycles. The molecule has 3 aromatic carbocycles. The number of carbonyl (C=O) groups is 3. The average Bonchev–Trinajstić information content (AvgIpc) is 3.41. The molecule has 0 bridgehead atoms. The van der Waals surface area contributed by atoms with Crippen LogP contribution in [0.25, 0.3) is 11.0 Å². The van der Waals surface area contributed by atoms with Crippen molar-refractivity contribution in [3.8, 4) is 0 Å². The number of benzene rings is 3. The smallest absolute Gasteiger partial charge is 0.294 e. The summed E-state index contributed by atoms with van der Waals surface area (Å²) >= 11 is 3.42. The Morgan fingerprint density at radius 3 is 2.38 bits per heavy atom. The van der Waals surface area contributed by atoms with E-state index in [0.29, 0.717) is 27.9 Å². The molecule has 39 heavy (non-hydrogen) atoms. The first-order valence-electron chi connectivity index (χ1n) is 12.4. The third-order valence-electron chi connectivity index (χ3n) is 6.69. The molecule has 7 nitrogen and oxygen atoms in total. The second-order valence-electron chi connectivity index (χ2n) is 10.6. The fourth-order valence-corrected chi connectivity index (χ4v) is 5.16. The first-order valence-corrected chi connectivity index (χ1v) is 13.2. The highest BCUT2D eigenvalue weighted by Crippen LogP contribution is 2.43. The summed E-state index contributed by atoms with van der Waals surface area (Å²) in [6, 6.07) is 20.4. The van der Waals surface area contributed by atoms with Gasteiger partial charge in [-0.05, 0) is 59.0 Å². The number of aliphatic hydroxyl groups excluding tert-OH is 1. The van der Waals surface area contributed by atoms with Gasteiger partial charge in [-0.15, -0.1) is 0 Å². The Morgan fingerprint density at radius 2 is 1.72 bits per heavy atom. The number of furan rings is 1. The largest absolute Gasteiger partial charge is 0.503 e. The van der Waals surface area contributed by atoms with Crippen molar-refractivity contribution < 1.29 is 23.9 Å². The molecule has 8 heteroatoms. The van der Waals surface area contributed by atoms with Gasteiger partial charge in [0, 0.05) is 28.2 Å². The van der Waals surface area contributed by atoms with Crippen LogP contribution in [-0.2, 0) is 15.0 Å². The number of anilines is 2. The minimum Gasteiger partial charge on any atom is -0.503 e. The summed E-state index contributed by atoms with van der Waals surface area (Å²) in [5.74, 6) is -2.19. The zero-order valence-corrected chi connectivity index (χ0v) is 23.5. The molecule has 0 aliphatic carbocycles. The van der Waals surface area contributed by atoms with Crippen LogP contribution in [0, 0.1) is 0 Å². The van der Waals surface area contributed by atoms with Crippen molar-refractivity contribution in [2.45, 2.75) is 39.2 Å². The Bertz CT molecular complexity index is 1660. The van der Waals surface area contributed by atoms with Crippen molar-refractivity contribution in [1.29, 1.82) is 0 Å². The molecule has 4 aromatic rings. The van der Waals surface area contributed by atoms with Gasteiger partial charge in [0.1, 0.15) is 5.58 Å². The zero-order valence-electron chi connectivity index (χ0n) is 21.9. The van der Waals surface area contributed by atoms with E-state index in [1.165, 1.54) is 11.8 Å².